The van der Waals surface area contributed by atoms with Gasteiger partial charge in [-0.15, -0.1) is 0 Å². The van der Waals surface area contributed by atoms with E-state index in [2.05, 4.69) is 4.98 Å². The lowest BCUT2D eigenvalue weighted by molar-refractivity contribution is -0.142. The standard InChI is InChI=1S/C21H22N4O3/c1-15-21(28)24(13-16-6-3-2-4-7-16)11-10-23(15)14-17-12-19(27)25-9-5-8-18(26)20(25)22-17/h2-9,12,15,26H,10-11,13-14H2,1H3/t15-/m1/s1. The van der Waals surface area contributed by atoms with Gasteiger partial charge in [-0.25, -0.2) is 4.98 Å². The van der Waals surface area contributed by atoms with Crippen LogP contribution in [0.25, 0.3) is 5.65 Å². The lowest BCUT2D eigenvalue weighted by Gasteiger charge is -2.39. The van der Waals surface area contributed by atoms with Gasteiger partial charge in [0.1, 0.15) is 0 Å². The fourth-order valence-electron chi connectivity index (χ4n) is 3.60. The van der Waals surface area contributed by atoms with E-state index < -0.39 is 0 Å². The lowest BCUT2D eigenvalue weighted by Crippen LogP contribution is -2.55. The van der Waals surface area contributed by atoms with Crippen LogP contribution in [0.5, 0.6) is 5.75 Å². The van der Waals surface area contributed by atoms with Crippen LogP contribution in [-0.2, 0) is 17.9 Å². The van der Waals surface area contributed by atoms with E-state index in [0.29, 0.717) is 31.9 Å². The molecule has 1 atom stereocenters. The molecule has 7 nitrogen and oxygen atoms in total. The van der Waals surface area contributed by atoms with Gasteiger partial charge < -0.3 is 10.0 Å². The Balaban J connectivity index is 1.51. The number of aromatic hydroxyl groups is 1. The number of hydrogen-bond acceptors (Lipinski definition) is 5. The molecule has 4 rings (SSSR count). The molecule has 1 amide bonds. The first-order valence-corrected chi connectivity index (χ1v) is 9.30. The molecular formula is C21H22N4O3. The average Bonchev–Trinajstić information content (AvgIpc) is 2.69. The molecular weight excluding hydrogens is 356 g/mol. The number of amides is 1. The van der Waals surface area contributed by atoms with Crippen LogP contribution in [0.3, 0.4) is 0 Å². The third-order valence-electron chi connectivity index (χ3n) is 5.18. The van der Waals surface area contributed by atoms with Crippen molar-refractivity contribution in [1.82, 2.24) is 19.2 Å². The van der Waals surface area contributed by atoms with Crippen LogP contribution in [0.15, 0.2) is 59.5 Å². The first-order chi connectivity index (χ1) is 13.5. The average molecular weight is 378 g/mol. The molecule has 1 N–H and O–H groups in total. The number of piperazine rings is 1. The van der Waals surface area contributed by atoms with Gasteiger partial charge >= 0.3 is 0 Å². The van der Waals surface area contributed by atoms with Crippen LogP contribution in [-0.4, -0.2) is 49.3 Å². The molecule has 3 heterocycles. The number of nitrogens with zero attached hydrogens (tertiary/aromatic N) is 4. The number of fused-ring (bicyclic) bond motifs is 1. The molecule has 0 saturated carbocycles. The van der Waals surface area contributed by atoms with Crippen LogP contribution in [0, 0.1) is 0 Å². The fraction of sp³-hybridized carbons (Fsp3) is 0.286. The van der Waals surface area contributed by atoms with Crippen molar-refractivity contribution in [3.8, 4) is 5.75 Å². The summed E-state index contributed by atoms with van der Waals surface area (Å²) in [6, 6.07) is 14.2. The third kappa shape index (κ3) is 3.48. The lowest BCUT2D eigenvalue weighted by atomic mass is 10.1. The van der Waals surface area contributed by atoms with Crippen LogP contribution < -0.4 is 5.56 Å². The number of rotatable bonds is 4. The summed E-state index contributed by atoms with van der Waals surface area (Å²) in [5.74, 6) is 0.0220. The topological polar surface area (TPSA) is 78.2 Å². The molecule has 1 aliphatic rings. The fourth-order valence-corrected chi connectivity index (χ4v) is 3.60. The van der Waals surface area contributed by atoms with Crippen LogP contribution in [0.1, 0.15) is 18.2 Å². The van der Waals surface area contributed by atoms with E-state index in [1.54, 1.807) is 12.3 Å². The molecule has 0 aliphatic carbocycles. The summed E-state index contributed by atoms with van der Waals surface area (Å²) in [6.45, 7) is 4.18. The normalized spacial score (nSPS) is 18.0. The van der Waals surface area contributed by atoms with Gasteiger partial charge in [0.15, 0.2) is 11.4 Å². The molecule has 0 radical (unpaired) electrons. The number of pyridine rings is 1. The molecule has 1 saturated heterocycles. The smallest absolute Gasteiger partial charge is 0.258 e. The van der Waals surface area contributed by atoms with Crippen molar-refractivity contribution in [2.45, 2.75) is 26.1 Å². The summed E-state index contributed by atoms with van der Waals surface area (Å²) in [5, 5.41) is 10.00. The van der Waals surface area contributed by atoms with E-state index in [1.165, 1.54) is 16.5 Å². The van der Waals surface area contributed by atoms with Gasteiger partial charge in [-0.2, -0.15) is 0 Å². The van der Waals surface area contributed by atoms with Crippen LogP contribution in [0.4, 0.5) is 0 Å². The first kappa shape index (κ1) is 18.2. The quantitative estimate of drug-likeness (QED) is 0.747. The molecule has 0 bridgehead atoms. The second-order valence-electron chi connectivity index (χ2n) is 7.06. The molecule has 28 heavy (non-hydrogen) atoms. The molecule has 1 aliphatic heterocycles. The SMILES string of the molecule is C[C@@H]1C(=O)N(Cc2ccccc2)CCN1Cc1cc(=O)n2cccc(O)c2n1. The van der Waals surface area contributed by atoms with Gasteiger partial charge in [0, 0.05) is 38.4 Å². The molecule has 1 aromatic carbocycles. The summed E-state index contributed by atoms with van der Waals surface area (Å²) in [7, 11) is 0. The Morgan fingerprint density at radius 3 is 2.64 bits per heavy atom. The predicted octanol–water partition coefficient (Wildman–Crippen LogP) is 1.63. The summed E-state index contributed by atoms with van der Waals surface area (Å²) < 4.78 is 1.31. The van der Waals surface area contributed by atoms with Crippen LogP contribution >= 0.6 is 0 Å². The van der Waals surface area contributed by atoms with Crippen molar-refractivity contribution >= 4 is 11.6 Å². The Bertz CT molecular complexity index is 1060. The van der Waals surface area contributed by atoms with Gasteiger partial charge in [0.2, 0.25) is 5.91 Å². The Labute approximate surface area is 162 Å². The van der Waals surface area contributed by atoms with E-state index in [-0.39, 0.29) is 28.9 Å². The van der Waals surface area contributed by atoms with E-state index in [9.17, 15) is 14.7 Å². The number of carbonyl (C=O) groups is 1. The largest absolute Gasteiger partial charge is 0.504 e. The first-order valence-electron chi connectivity index (χ1n) is 9.30. The maximum Gasteiger partial charge on any atom is 0.258 e. The zero-order valence-corrected chi connectivity index (χ0v) is 15.7. The number of aromatic nitrogens is 2. The van der Waals surface area contributed by atoms with Crippen molar-refractivity contribution in [2.75, 3.05) is 13.1 Å². The van der Waals surface area contributed by atoms with Crippen LogP contribution in [0.2, 0.25) is 0 Å². The zero-order chi connectivity index (χ0) is 19.7. The molecule has 0 unspecified atom stereocenters. The summed E-state index contributed by atoms with van der Waals surface area (Å²) in [6.07, 6.45) is 1.57. The highest BCUT2D eigenvalue weighted by atomic mass is 16.3. The highest BCUT2D eigenvalue weighted by molar-refractivity contribution is 5.82. The molecule has 1 fully saturated rings. The van der Waals surface area contributed by atoms with Gasteiger partial charge in [-0.1, -0.05) is 30.3 Å². The Morgan fingerprint density at radius 2 is 1.86 bits per heavy atom. The van der Waals surface area contributed by atoms with Gasteiger partial charge in [0.05, 0.1) is 11.7 Å². The minimum Gasteiger partial charge on any atom is -0.504 e. The Morgan fingerprint density at radius 1 is 1.07 bits per heavy atom. The molecule has 3 aromatic rings. The number of carbonyl (C=O) groups excluding carboxylic acids is 1. The second-order valence-corrected chi connectivity index (χ2v) is 7.06. The van der Waals surface area contributed by atoms with Crippen molar-refractivity contribution < 1.29 is 9.90 Å². The minimum absolute atomic E-state index is 0.0433. The summed E-state index contributed by atoms with van der Waals surface area (Å²) >= 11 is 0. The third-order valence-corrected chi connectivity index (χ3v) is 5.18. The monoisotopic (exact) mass is 378 g/mol. The van der Waals surface area contributed by atoms with Crippen molar-refractivity contribution in [3.05, 3.63) is 76.3 Å². The summed E-state index contributed by atoms with van der Waals surface area (Å²) in [4.78, 5) is 33.4. The highest BCUT2D eigenvalue weighted by Crippen LogP contribution is 2.18. The second kappa shape index (κ2) is 7.44. The minimum atomic E-state index is -0.304. The number of benzene rings is 1. The van der Waals surface area contributed by atoms with Gasteiger partial charge in [0.25, 0.3) is 5.56 Å². The van der Waals surface area contributed by atoms with E-state index in [4.69, 9.17) is 0 Å². The molecule has 144 valence electrons. The Kier molecular flexibility index (Phi) is 4.83. The van der Waals surface area contributed by atoms with E-state index in [0.717, 1.165) is 5.56 Å². The van der Waals surface area contributed by atoms with Gasteiger partial charge in [-0.05, 0) is 24.6 Å². The van der Waals surface area contributed by atoms with Crippen molar-refractivity contribution in [3.63, 3.8) is 0 Å². The Hall–Kier alpha value is -3.19. The number of hydrogen-bond donors (Lipinski definition) is 1. The highest BCUT2D eigenvalue weighted by Gasteiger charge is 2.31. The predicted molar refractivity (Wildman–Crippen MR) is 105 cm³/mol. The van der Waals surface area contributed by atoms with E-state index >= 15 is 0 Å². The van der Waals surface area contributed by atoms with Crippen molar-refractivity contribution in [2.24, 2.45) is 0 Å². The maximum atomic E-state index is 12.8. The van der Waals surface area contributed by atoms with E-state index in [1.807, 2.05) is 47.1 Å². The molecule has 7 heteroatoms. The molecule has 0 spiro atoms. The zero-order valence-electron chi connectivity index (χ0n) is 15.7. The van der Waals surface area contributed by atoms with Gasteiger partial charge in [-0.3, -0.25) is 18.9 Å². The van der Waals surface area contributed by atoms with Crippen molar-refractivity contribution in [1.29, 1.82) is 0 Å². The maximum absolute atomic E-state index is 12.8. The summed E-state index contributed by atoms with van der Waals surface area (Å²) in [5.41, 5.74) is 1.63. The molecule has 2 aromatic heterocycles.